The Bertz CT molecular complexity index is 390. The summed E-state index contributed by atoms with van der Waals surface area (Å²) in [7, 11) is 1.61. The lowest BCUT2D eigenvalue weighted by atomic mass is 10.0. The van der Waals surface area contributed by atoms with Crippen LogP contribution in [0.1, 0.15) is 31.7 Å². The van der Waals surface area contributed by atoms with Gasteiger partial charge in [0.15, 0.2) is 17.4 Å². The Morgan fingerprint density at radius 1 is 1.15 bits per heavy atom. The Balaban J connectivity index is 2.59. The largest absolute Gasteiger partial charge is 0.488 e. The van der Waals surface area contributed by atoms with E-state index >= 15 is 0 Å². The first-order chi connectivity index (χ1) is 9.58. The predicted octanol–water partition coefficient (Wildman–Crippen LogP) is 3.05. The lowest BCUT2D eigenvalue weighted by Gasteiger charge is -2.12. The molecule has 20 heavy (non-hydrogen) atoms. The van der Waals surface area contributed by atoms with Crippen LogP contribution in [0.3, 0.4) is 0 Å². The molecule has 0 heterocycles. The molecule has 0 radical (unpaired) electrons. The van der Waals surface area contributed by atoms with Gasteiger partial charge in [-0.1, -0.05) is 6.92 Å². The Labute approximate surface area is 119 Å². The van der Waals surface area contributed by atoms with Gasteiger partial charge < -0.3 is 15.2 Å². The first-order valence-corrected chi connectivity index (χ1v) is 6.93. The molecule has 0 saturated carbocycles. The Hall–Kier alpha value is -1.20. The minimum absolute atomic E-state index is 0.0883. The zero-order valence-corrected chi connectivity index (χ0v) is 12.1. The first-order valence-electron chi connectivity index (χ1n) is 6.93. The van der Waals surface area contributed by atoms with Crippen LogP contribution in [0.15, 0.2) is 12.1 Å². The molecule has 2 N–H and O–H groups in total. The highest BCUT2D eigenvalue weighted by Gasteiger charge is 2.13. The second-order valence-corrected chi connectivity index (χ2v) is 4.81. The van der Waals surface area contributed by atoms with Gasteiger partial charge in [0.1, 0.15) is 0 Å². The summed E-state index contributed by atoms with van der Waals surface area (Å²) < 4.78 is 37.7. The van der Waals surface area contributed by atoms with Crippen LogP contribution in [0.4, 0.5) is 8.78 Å². The molecule has 1 aromatic rings. The molecule has 1 rings (SSSR count). The zero-order chi connectivity index (χ0) is 15.0. The van der Waals surface area contributed by atoms with E-state index < -0.39 is 11.6 Å². The van der Waals surface area contributed by atoms with E-state index in [0.29, 0.717) is 25.0 Å². The maximum atomic E-state index is 13.8. The van der Waals surface area contributed by atoms with Crippen LogP contribution in [-0.2, 0) is 11.2 Å². The van der Waals surface area contributed by atoms with Gasteiger partial charge in [0.25, 0.3) is 0 Å². The number of hydrogen-bond acceptors (Lipinski definition) is 3. The molecule has 5 heteroatoms. The monoisotopic (exact) mass is 287 g/mol. The van der Waals surface area contributed by atoms with Crippen LogP contribution < -0.4 is 10.5 Å². The summed E-state index contributed by atoms with van der Waals surface area (Å²) >= 11 is 0. The third-order valence-corrected chi connectivity index (χ3v) is 3.07. The van der Waals surface area contributed by atoms with Crippen molar-refractivity contribution in [2.24, 2.45) is 5.73 Å². The number of rotatable bonds is 9. The lowest BCUT2D eigenvalue weighted by molar-refractivity contribution is 0.182. The lowest BCUT2D eigenvalue weighted by Crippen LogP contribution is -2.21. The maximum absolute atomic E-state index is 13.8. The third-order valence-electron chi connectivity index (χ3n) is 3.07. The van der Waals surface area contributed by atoms with Crippen LogP contribution in [-0.4, -0.2) is 26.4 Å². The molecule has 0 aromatic heterocycles. The smallest absolute Gasteiger partial charge is 0.190 e. The number of nitrogens with two attached hydrogens (primary N) is 1. The van der Waals surface area contributed by atoms with Crippen molar-refractivity contribution in [3.63, 3.8) is 0 Å². The van der Waals surface area contributed by atoms with Gasteiger partial charge in [0.05, 0.1) is 6.61 Å². The summed E-state index contributed by atoms with van der Waals surface area (Å²) in [4.78, 5) is 0. The molecule has 0 bridgehead atoms. The molecule has 0 aliphatic rings. The molecule has 1 unspecified atom stereocenters. The van der Waals surface area contributed by atoms with Crippen LogP contribution in [0.2, 0.25) is 0 Å². The average molecular weight is 287 g/mol. The van der Waals surface area contributed by atoms with Crippen LogP contribution in [0.5, 0.6) is 5.75 Å². The van der Waals surface area contributed by atoms with E-state index in [-0.39, 0.29) is 18.4 Å². The molecule has 0 spiro atoms. The van der Waals surface area contributed by atoms with Gasteiger partial charge in [-0.3, -0.25) is 0 Å². The van der Waals surface area contributed by atoms with Gasteiger partial charge in [-0.15, -0.1) is 0 Å². The highest BCUT2D eigenvalue weighted by molar-refractivity contribution is 5.31. The van der Waals surface area contributed by atoms with E-state index in [0.717, 1.165) is 12.8 Å². The van der Waals surface area contributed by atoms with Crippen molar-refractivity contribution >= 4 is 0 Å². The number of halogens is 2. The highest BCUT2D eigenvalue weighted by atomic mass is 19.1. The third kappa shape index (κ3) is 5.43. The highest BCUT2D eigenvalue weighted by Crippen LogP contribution is 2.24. The summed E-state index contributed by atoms with van der Waals surface area (Å²) in [5.74, 6) is -1.65. The Morgan fingerprint density at radius 3 is 2.30 bits per heavy atom. The normalized spacial score (nSPS) is 12.4. The molecule has 0 aliphatic heterocycles. The van der Waals surface area contributed by atoms with Crippen molar-refractivity contribution in [2.75, 3.05) is 20.3 Å². The second-order valence-electron chi connectivity index (χ2n) is 4.81. The molecule has 1 atom stereocenters. The summed E-state index contributed by atoms with van der Waals surface area (Å²) in [6.45, 7) is 2.82. The van der Waals surface area contributed by atoms with Crippen molar-refractivity contribution in [3.8, 4) is 5.75 Å². The van der Waals surface area contributed by atoms with Crippen molar-refractivity contribution in [3.05, 3.63) is 29.3 Å². The zero-order valence-electron chi connectivity index (χ0n) is 12.1. The molecule has 3 nitrogen and oxygen atoms in total. The molecule has 114 valence electrons. The number of unbranched alkanes of at least 4 members (excludes halogenated alkanes) is 1. The average Bonchev–Trinajstić information content (AvgIpc) is 2.41. The van der Waals surface area contributed by atoms with Gasteiger partial charge in [0.2, 0.25) is 0 Å². The summed E-state index contributed by atoms with van der Waals surface area (Å²) in [6, 6.07) is 2.50. The van der Waals surface area contributed by atoms with Crippen LogP contribution >= 0.6 is 0 Å². The van der Waals surface area contributed by atoms with Gasteiger partial charge in [0, 0.05) is 19.8 Å². The number of methoxy groups -OCH3 is 1. The molecular weight excluding hydrogens is 264 g/mol. The molecule has 0 saturated heterocycles. The fourth-order valence-electron chi connectivity index (χ4n) is 1.84. The summed E-state index contributed by atoms with van der Waals surface area (Å²) in [5.41, 5.74) is 6.34. The van der Waals surface area contributed by atoms with E-state index in [4.69, 9.17) is 15.2 Å². The number of benzene rings is 1. The number of hydrogen-bond donors (Lipinski definition) is 1. The SMILES string of the molecule is CCC(N)Cc1cc(F)c(OCCCCOC)c(F)c1. The topological polar surface area (TPSA) is 44.5 Å². The Kier molecular flexibility index (Phi) is 7.47. The van der Waals surface area contributed by atoms with Crippen LogP contribution in [0, 0.1) is 11.6 Å². The minimum atomic E-state index is -0.671. The number of ether oxygens (including phenoxy) is 2. The van der Waals surface area contributed by atoms with Crippen molar-refractivity contribution in [1.82, 2.24) is 0 Å². The molecule has 1 aromatic carbocycles. The minimum Gasteiger partial charge on any atom is -0.488 e. The van der Waals surface area contributed by atoms with Crippen LogP contribution in [0.25, 0.3) is 0 Å². The standard InChI is InChI=1S/C15H23F2NO2/c1-3-12(18)8-11-9-13(16)15(14(17)10-11)20-7-5-4-6-19-2/h9-10,12H,3-8,18H2,1-2H3. The van der Waals surface area contributed by atoms with E-state index in [2.05, 4.69) is 0 Å². The molecular formula is C15H23F2NO2. The predicted molar refractivity (Wildman–Crippen MR) is 74.9 cm³/mol. The van der Waals surface area contributed by atoms with Gasteiger partial charge in [-0.05, 0) is 43.4 Å². The van der Waals surface area contributed by atoms with Crippen molar-refractivity contribution < 1.29 is 18.3 Å². The molecule has 0 aliphatic carbocycles. The first kappa shape index (κ1) is 16.9. The van der Waals surface area contributed by atoms with Gasteiger partial charge in [-0.25, -0.2) is 8.78 Å². The van der Waals surface area contributed by atoms with Crippen molar-refractivity contribution in [1.29, 1.82) is 0 Å². The second kappa shape index (κ2) is 8.87. The summed E-state index contributed by atoms with van der Waals surface area (Å²) in [6.07, 6.45) is 2.71. The maximum Gasteiger partial charge on any atom is 0.190 e. The van der Waals surface area contributed by atoms with Gasteiger partial charge >= 0.3 is 0 Å². The van der Waals surface area contributed by atoms with Crippen molar-refractivity contribution in [2.45, 2.75) is 38.6 Å². The fraction of sp³-hybridized carbons (Fsp3) is 0.600. The molecule has 0 fully saturated rings. The fourth-order valence-corrected chi connectivity index (χ4v) is 1.84. The molecule has 0 amide bonds. The van der Waals surface area contributed by atoms with E-state index in [1.54, 1.807) is 7.11 Å². The van der Waals surface area contributed by atoms with Gasteiger partial charge in [-0.2, -0.15) is 0 Å². The quantitative estimate of drug-likeness (QED) is 0.710. The Morgan fingerprint density at radius 2 is 1.75 bits per heavy atom. The summed E-state index contributed by atoms with van der Waals surface area (Å²) in [5, 5.41) is 0. The van der Waals surface area contributed by atoms with E-state index in [1.165, 1.54) is 12.1 Å². The van der Waals surface area contributed by atoms with E-state index in [1.807, 2.05) is 6.92 Å². The van der Waals surface area contributed by atoms with E-state index in [9.17, 15) is 8.78 Å².